The molecule has 0 saturated carbocycles. The number of carbonyl (C=O) groups is 1. The highest BCUT2D eigenvalue weighted by atomic mass is 35.5. The lowest BCUT2D eigenvalue weighted by atomic mass is 10.2. The molecule has 0 atom stereocenters. The molecule has 1 aromatic carbocycles. The Bertz CT molecular complexity index is 903. The molecule has 0 aliphatic rings. The van der Waals surface area contributed by atoms with E-state index in [4.69, 9.17) is 11.6 Å². The van der Waals surface area contributed by atoms with Crippen LogP contribution in [0.25, 0.3) is 0 Å². The Labute approximate surface area is 140 Å². The van der Waals surface area contributed by atoms with Gasteiger partial charge in [0.15, 0.2) is 11.5 Å². The second-order valence-electron chi connectivity index (χ2n) is 4.88. The fraction of sp³-hybridized carbons (Fsp3) is 0.0714. The number of hydrogen-bond donors (Lipinski definition) is 2. The van der Waals surface area contributed by atoms with Gasteiger partial charge >= 0.3 is 5.82 Å². The third-order valence-corrected chi connectivity index (χ3v) is 3.34. The van der Waals surface area contributed by atoms with E-state index in [-0.39, 0.29) is 11.5 Å². The van der Waals surface area contributed by atoms with Crippen LogP contribution in [0.15, 0.2) is 42.6 Å². The molecule has 1 amide bonds. The van der Waals surface area contributed by atoms with Gasteiger partial charge in [0.25, 0.3) is 5.91 Å². The molecule has 9 nitrogen and oxygen atoms in total. The predicted molar refractivity (Wildman–Crippen MR) is 86.0 cm³/mol. The molecule has 2 aromatic heterocycles. The number of H-pyrrole nitrogens is 1. The van der Waals surface area contributed by atoms with E-state index in [1.54, 1.807) is 23.0 Å². The molecule has 0 aliphatic carbocycles. The van der Waals surface area contributed by atoms with Gasteiger partial charge in [-0.15, -0.1) is 5.10 Å². The van der Waals surface area contributed by atoms with Crippen molar-refractivity contribution >= 4 is 29.1 Å². The molecular weight excluding hydrogens is 336 g/mol. The molecule has 0 bridgehead atoms. The Morgan fingerprint density at radius 2 is 2.21 bits per heavy atom. The van der Waals surface area contributed by atoms with Crippen LogP contribution in [-0.4, -0.2) is 30.8 Å². The standard InChI is InChI=1S/C14H11ClN6O3/c15-10-3-1-2-9(6-10)8-20-5-4-12(19-20)16-14(22)11-7-13(18-17-11)21(23)24/h1-7H,8H2,(H,17,18)(H,16,19,22). The minimum Gasteiger partial charge on any atom is -0.358 e. The lowest BCUT2D eigenvalue weighted by Gasteiger charge is -2.02. The quantitative estimate of drug-likeness (QED) is 0.543. The Morgan fingerprint density at radius 1 is 1.38 bits per heavy atom. The average Bonchev–Trinajstić information content (AvgIpc) is 3.17. The summed E-state index contributed by atoms with van der Waals surface area (Å²) in [7, 11) is 0. The van der Waals surface area contributed by atoms with Crippen LogP contribution in [-0.2, 0) is 6.54 Å². The van der Waals surface area contributed by atoms with Crippen molar-refractivity contribution in [2.75, 3.05) is 5.32 Å². The number of carbonyl (C=O) groups excluding carboxylic acids is 1. The van der Waals surface area contributed by atoms with E-state index < -0.39 is 10.8 Å². The van der Waals surface area contributed by atoms with Gasteiger partial charge in [0, 0.05) is 17.3 Å². The topological polar surface area (TPSA) is 119 Å². The molecule has 0 radical (unpaired) electrons. The van der Waals surface area contributed by atoms with Crippen molar-refractivity contribution in [3.05, 3.63) is 69.0 Å². The monoisotopic (exact) mass is 346 g/mol. The summed E-state index contributed by atoms with van der Waals surface area (Å²) < 4.78 is 1.63. The van der Waals surface area contributed by atoms with E-state index >= 15 is 0 Å². The molecule has 3 aromatic rings. The lowest BCUT2D eigenvalue weighted by Crippen LogP contribution is -2.13. The van der Waals surface area contributed by atoms with E-state index in [1.165, 1.54) is 0 Å². The van der Waals surface area contributed by atoms with Crippen LogP contribution in [0.5, 0.6) is 0 Å². The summed E-state index contributed by atoms with van der Waals surface area (Å²) in [6.45, 7) is 0.490. The van der Waals surface area contributed by atoms with Crippen molar-refractivity contribution in [1.29, 1.82) is 0 Å². The summed E-state index contributed by atoms with van der Waals surface area (Å²) in [5, 5.41) is 23.7. The number of halogens is 1. The normalized spacial score (nSPS) is 10.5. The van der Waals surface area contributed by atoms with Gasteiger partial charge in [0.1, 0.15) is 0 Å². The molecule has 10 heteroatoms. The highest BCUT2D eigenvalue weighted by molar-refractivity contribution is 6.30. The number of nitrogens with one attached hydrogen (secondary N) is 2. The second-order valence-corrected chi connectivity index (χ2v) is 5.31. The predicted octanol–water partition coefficient (Wildman–Crippen LogP) is 2.47. The SMILES string of the molecule is O=C(Nc1ccn(Cc2cccc(Cl)c2)n1)c1cc([N+](=O)[O-])[nH]n1. The number of rotatable bonds is 5. The van der Waals surface area contributed by atoms with Crippen LogP contribution in [0.3, 0.4) is 0 Å². The van der Waals surface area contributed by atoms with Gasteiger partial charge in [0.05, 0.1) is 12.6 Å². The first-order valence-electron chi connectivity index (χ1n) is 6.80. The third-order valence-electron chi connectivity index (χ3n) is 3.11. The Balaban J connectivity index is 1.67. The van der Waals surface area contributed by atoms with Crippen LogP contribution in [0.4, 0.5) is 11.6 Å². The minimum atomic E-state index is -0.663. The summed E-state index contributed by atoms with van der Waals surface area (Å²) in [5.41, 5.74) is 0.873. The Kier molecular flexibility index (Phi) is 4.25. The maximum absolute atomic E-state index is 12.0. The molecular formula is C14H11ClN6O3. The summed E-state index contributed by atoms with van der Waals surface area (Å²) >= 11 is 5.93. The number of nitrogens with zero attached hydrogens (tertiary/aromatic N) is 4. The maximum atomic E-state index is 12.0. The highest BCUT2D eigenvalue weighted by Crippen LogP contribution is 2.13. The van der Waals surface area contributed by atoms with Gasteiger partial charge < -0.3 is 15.4 Å². The van der Waals surface area contributed by atoms with Crippen LogP contribution in [0.1, 0.15) is 16.1 Å². The minimum absolute atomic E-state index is 0.0916. The molecule has 2 heterocycles. The van der Waals surface area contributed by atoms with Crippen LogP contribution >= 0.6 is 11.6 Å². The van der Waals surface area contributed by atoms with Crippen molar-refractivity contribution in [2.24, 2.45) is 0 Å². The van der Waals surface area contributed by atoms with Gasteiger partial charge in [-0.3, -0.25) is 9.48 Å². The molecule has 2 N–H and O–H groups in total. The van der Waals surface area contributed by atoms with E-state index in [9.17, 15) is 14.9 Å². The number of nitro groups is 1. The fourth-order valence-electron chi connectivity index (χ4n) is 2.04. The van der Waals surface area contributed by atoms with Gasteiger partial charge in [-0.2, -0.15) is 5.10 Å². The zero-order valence-corrected chi connectivity index (χ0v) is 12.9. The smallest absolute Gasteiger partial charge is 0.343 e. The number of amides is 1. The molecule has 24 heavy (non-hydrogen) atoms. The van der Waals surface area contributed by atoms with Gasteiger partial charge in [-0.1, -0.05) is 28.8 Å². The Morgan fingerprint density at radius 3 is 2.92 bits per heavy atom. The zero-order chi connectivity index (χ0) is 17.1. The van der Waals surface area contributed by atoms with E-state index in [0.717, 1.165) is 11.6 Å². The van der Waals surface area contributed by atoms with E-state index in [1.807, 2.05) is 18.2 Å². The first kappa shape index (κ1) is 15.7. The molecule has 122 valence electrons. The molecule has 0 unspecified atom stereocenters. The fourth-order valence-corrected chi connectivity index (χ4v) is 2.25. The van der Waals surface area contributed by atoms with Crippen LogP contribution in [0.2, 0.25) is 5.02 Å². The maximum Gasteiger partial charge on any atom is 0.343 e. The summed E-state index contributed by atoms with van der Waals surface area (Å²) in [6.07, 6.45) is 1.70. The van der Waals surface area contributed by atoms with Crippen molar-refractivity contribution in [1.82, 2.24) is 20.0 Å². The average molecular weight is 347 g/mol. The molecule has 3 rings (SSSR count). The van der Waals surface area contributed by atoms with E-state index in [0.29, 0.717) is 17.4 Å². The zero-order valence-electron chi connectivity index (χ0n) is 12.1. The van der Waals surface area contributed by atoms with Gasteiger partial charge in [-0.05, 0) is 22.6 Å². The number of aromatic nitrogens is 4. The molecule has 0 aliphatic heterocycles. The van der Waals surface area contributed by atoms with E-state index in [2.05, 4.69) is 20.6 Å². The lowest BCUT2D eigenvalue weighted by molar-refractivity contribution is -0.389. The van der Waals surface area contributed by atoms with Crippen LogP contribution in [0, 0.1) is 10.1 Å². The first-order valence-corrected chi connectivity index (χ1v) is 7.18. The van der Waals surface area contributed by atoms with Crippen molar-refractivity contribution in [3.8, 4) is 0 Å². The van der Waals surface area contributed by atoms with Crippen molar-refractivity contribution in [2.45, 2.75) is 6.54 Å². The number of aromatic amines is 1. The third kappa shape index (κ3) is 3.58. The molecule has 0 spiro atoms. The number of hydrogen-bond acceptors (Lipinski definition) is 5. The summed E-state index contributed by atoms with van der Waals surface area (Å²) in [4.78, 5) is 21.9. The first-order chi connectivity index (χ1) is 11.5. The van der Waals surface area contributed by atoms with Crippen molar-refractivity contribution in [3.63, 3.8) is 0 Å². The Hall–Kier alpha value is -3.20. The van der Waals surface area contributed by atoms with Gasteiger partial charge in [-0.25, -0.2) is 0 Å². The summed E-state index contributed by atoms with van der Waals surface area (Å²) in [6, 6.07) is 10.0. The number of benzene rings is 1. The highest BCUT2D eigenvalue weighted by Gasteiger charge is 2.17. The van der Waals surface area contributed by atoms with Crippen molar-refractivity contribution < 1.29 is 9.72 Å². The molecule has 0 saturated heterocycles. The largest absolute Gasteiger partial charge is 0.358 e. The second kappa shape index (κ2) is 6.50. The summed E-state index contributed by atoms with van der Waals surface area (Å²) in [5.74, 6) is -0.633. The van der Waals surface area contributed by atoms with Gasteiger partial charge in [0.2, 0.25) is 0 Å². The number of anilines is 1. The van der Waals surface area contributed by atoms with Crippen LogP contribution < -0.4 is 5.32 Å². The molecule has 0 fully saturated rings.